The largest absolute Gasteiger partial charge is 0.396 e. The summed E-state index contributed by atoms with van der Waals surface area (Å²) in [5.41, 5.74) is 1.22. The van der Waals surface area contributed by atoms with Crippen molar-refractivity contribution in [2.75, 3.05) is 13.7 Å². The summed E-state index contributed by atoms with van der Waals surface area (Å²) in [6.45, 7) is 0.243. The van der Waals surface area contributed by atoms with E-state index >= 15 is 0 Å². The molecule has 0 spiro atoms. The Morgan fingerprint density at radius 2 is 2.05 bits per heavy atom. The normalized spacial score (nSPS) is 34.7. The molecule has 2 heterocycles. The van der Waals surface area contributed by atoms with E-state index in [1.807, 2.05) is 12.1 Å². The molecule has 0 saturated carbocycles. The molecule has 2 fully saturated rings. The predicted molar refractivity (Wildman–Crippen MR) is 79.0 cm³/mol. The SMILES string of the molecule is CN1[C@H]2CC[C@@H]1[C@@H](CO)[C@@H](c1ccc(Cl)c(Cl)c1)C2. The number of benzene rings is 1. The molecular weight excluding hydrogens is 281 g/mol. The van der Waals surface area contributed by atoms with Gasteiger partial charge in [-0.2, -0.15) is 0 Å². The van der Waals surface area contributed by atoms with E-state index in [2.05, 4.69) is 18.0 Å². The number of aliphatic hydroxyl groups is 1. The molecule has 2 bridgehead atoms. The van der Waals surface area contributed by atoms with Gasteiger partial charge >= 0.3 is 0 Å². The quantitative estimate of drug-likeness (QED) is 0.903. The van der Waals surface area contributed by atoms with Crippen LogP contribution >= 0.6 is 23.2 Å². The maximum Gasteiger partial charge on any atom is 0.0595 e. The van der Waals surface area contributed by atoms with Gasteiger partial charge < -0.3 is 10.0 Å². The van der Waals surface area contributed by atoms with Gasteiger partial charge in [-0.1, -0.05) is 29.3 Å². The van der Waals surface area contributed by atoms with Crippen molar-refractivity contribution >= 4 is 23.2 Å². The molecule has 0 aromatic heterocycles. The first-order chi connectivity index (χ1) is 9.11. The Morgan fingerprint density at radius 3 is 2.74 bits per heavy atom. The fourth-order valence-electron chi connectivity index (χ4n) is 3.95. The molecule has 104 valence electrons. The fraction of sp³-hybridized carbons (Fsp3) is 0.600. The van der Waals surface area contributed by atoms with Crippen LogP contribution in [-0.4, -0.2) is 35.7 Å². The van der Waals surface area contributed by atoms with E-state index in [0.29, 0.717) is 34.0 Å². The Labute approximate surface area is 124 Å². The molecule has 2 nitrogen and oxygen atoms in total. The van der Waals surface area contributed by atoms with Crippen LogP contribution in [0, 0.1) is 5.92 Å². The molecule has 0 amide bonds. The van der Waals surface area contributed by atoms with Crippen molar-refractivity contribution in [3.63, 3.8) is 0 Å². The van der Waals surface area contributed by atoms with Gasteiger partial charge in [-0.15, -0.1) is 0 Å². The number of fused-ring (bicyclic) bond motifs is 2. The molecule has 0 aliphatic carbocycles. The zero-order valence-electron chi connectivity index (χ0n) is 11.0. The second-order valence-corrected chi connectivity index (χ2v) is 6.64. The Bertz CT molecular complexity index is 479. The standard InChI is InChI=1S/C15H19Cl2NO/c1-18-10-3-5-15(18)12(8-19)11(7-10)9-2-4-13(16)14(17)6-9/h2,4,6,10-12,15,19H,3,5,7-8H2,1H3/t10-,11+,12-,15+/m0/s1. The molecule has 1 aromatic rings. The molecule has 19 heavy (non-hydrogen) atoms. The van der Waals surface area contributed by atoms with Crippen LogP contribution in [0.15, 0.2) is 18.2 Å². The summed E-state index contributed by atoms with van der Waals surface area (Å²) in [4.78, 5) is 2.45. The fourth-order valence-corrected chi connectivity index (χ4v) is 4.26. The molecule has 4 heteroatoms. The van der Waals surface area contributed by atoms with Crippen LogP contribution in [0.1, 0.15) is 30.7 Å². The monoisotopic (exact) mass is 299 g/mol. The van der Waals surface area contributed by atoms with Crippen molar-refractivity contribution in [3.05, 3.63) is 33.8 Å². The number of halogens is 2. The van der Waals surface area contributed by atoms with Gasteiger partial charge in [0.2, 0.25) is 0 Å². The van der Waals surface area contributed by atoms with Gasteiger partial charge in [0.1, 0.15) is 0 Å². The first kappa shape index (κ1) is 13.7. The van der Waals surface area contributed by atoms with Crippen molar-refractivity contribution in [2.45, 2.75) is 37.3 Å². The number of hydrogen-bond donors (Lipinski definition) is 1. The minimum Gasteiger partial charge on any atom is -0.396 e. The number of rotatable bonds is 2. The van der Waals surface area contributed by atoms with Crippen LogP contribution < -0.4 is 0 Å². The van der Waals surface area contributed by atoms with E-state index in [4.69, 9.17) is 23.2 Å². The van der Waals surface area contributed by atoms with Crippen molar-refractivity contribution in [2.24, 2.45) is 5.92 Å². The molecule has 4 atom stereocenters. The third-order valence-electron chi connectivity index (χ3n) is 5.01. The molecule has 2 aliphatic rings. The van der Waals surface area contributed by atoms with Gasteiger partial charge in [-0.25, -0.2) is 0 Å². The maximum absolute atomic E-state index is 9.80. The highest BCUT2D eigenvalue weighted by atomic mass is 35.5. The summed E-state index contributed by atoms with van der Waals surface area (Å²) in [6, 6.07) is 7.05. The Hall–Kier alpha value is -0.280. The summed E-state index contributed by atoms with van der Waals surface area (Å²) in [5.74, 6) is 0.703. The van der Waals surface area contributed by atoms with Crippen molar-refractivity contribution in [3.8, 4) is 0 Å². The van der Waals surface area contributed by atoms with Gasteiger partial charge in [0.15, 0.2) is 0 Å². The van der Waals surface area contributed by atoms with Crippen LogP contribution in [0.2, 0.25) is 10.0 Å². The molecule has 3 rings (SSSR count). The van der Waals surface area contributed by atoms with E-state index in [-0.39, 0.29) is 6.61 Å². The Balaban J connectivity index is 1.93. The van der Waals surface area contributed by atoms with Crippen LogP contribution in [0.3, 0.4) is 0 Å². The molecule has 0 unspecified atom stereocenters. The molecule has 1 N–H and O–H groups in total. The highest BCUT2D eigenvalue weighted by Crippen LogP contribution is 2.46. The van der Waals surface area contributed by atoms with Crippen molar-refractivity contribution in [1.82, 2.24) is 4.90 Å². The summed E-state index contributed by atoms with van der Waals surface area (Å²) < 4.78 is 0. The van der Waals surface area contributed by atoms with Crippen LogP contribution in [0.25, 0.3) is 0 Å². The zero-order valence-corrected chi connectivity index (χ0v) is 12.5. The first-order valence-corrected chi connectivity index (χ1v) is 7.65. The van der Waals surface area contributed by atoms with Gasteiger partial charge in [0.05, 0.1) is 10.0 Å². The summed E-state index contributed by atoms with van der Waals surface area (Å²) in [7, 11) is 2.19. The van der Waals surface area contributed by atoms with E-state index < -0.39 is 0 Å². The highest BCUT2D eigenvalue weighted by molar-refractivity contribution is 6.42. The number of hydrogen-bond acceptors (Lipinski definition) is 2. The number of aliphatic hydroxyl groups excluding tert-OH is 1. The molecule has 0 radical (unpaired) electrons. The van der Waals surface area contributed by atoms with Crippen LogP contribution in [0.4, 0.5) is 0 Å². The average Bonchev–Trinajstić information content (AvgIpc) is 2.65. The Morgan fingerprint density at radius 1 is 1.26 bits per heavy atom. The lowest BCUT2D eigenvalue weighted by Gasteiger charge is -2.42. The van der Waals surface area contributed by atoms with Crippen LogP contribution in [-0.2, 0) is 0 Å². The van der Waals surface area contributed by atoms with Gasteiger partial charge in [-0.05, 0) is 49.9 Å². The third kappa shape index (κ3) is 2.29. The second kappa shape index (κ2) is 5.25. The first-order valence-electron chi connectivity index (χ1n) is 6.89. The average molecular weight is 300 g/mol. The maximum atomic E-state index is 9.80. The molecule has 1 aromatic carbocycles. The number of nitrogens with zero attached hydrogens (tertiary/aromatic N) is 1. The zero-order chi connectivity index (χ0) is 13.6. The van der Waals surface area contributed by atoms with E-state index in [0.717, 1.165) is 6.42 Å². The topological polar surface area (TPSA) is 23.5 Å². The summed E-state index contributed by atoms with van der Waals surface area (Å²) >= 11 is 12.1. The second-order valence-electron chi connectivity index (χ2n) is 5.83. The van der Waals surface area contributed by atoms with Gasteiger partial charge in [0.25, 0.3) is 0 Å². The predicted octanol–water partition coefficient (Wildman–Crippen LogP) is 3.55. The summed E-state index contributed by atoms with van der Waals surface area (Å²) in [6.07, 6.45) is 3.55. The van der Waals surface area contributed by atoms with E-state index in [9.17, 15) is 5.11 Å². The third-order valence-corrected chi connectivity index (χ3v) is 5.75. The molecule has 2 saturated heterocycles. The number of piperidine rings is 1. The van der Waals surface area contributed by atoms with Gasteiger partial charge in [-0.3, -0.25) is 0 Å². The Kier molecular flexibility index (Phi) is 3.78. The summed E-state index contributed by atoms with van der Waals surface area (Å²) in [5, 5.41) is 11.0. The van der Waals surface area contributed by atoms with Crippen LogP contribution in [0.5, 0.6) is 0 Å². The van der Waals surface area contributed by atoms with E-state index in [1.54, 1.807) is 0 Å². The van der Waals surface area contributed by atoms with Crippen molar-refractivity contribution in [1.29, 1.82) is 0 Å². The smallest absolute Gasteiger partial charge is 0.0595 e. The minimum absolute atomic E-state index is 0.243. The lowest BCUT2D eigenvalue weighted by atomic mass is 9.76. The molecule has 2 aliphatic heterocycles. The van der Waals surface area contributed by atoms with Gasteiger partial charge in [0, 0.05) is 24.6 Å². The lowest BCUT2D eigenvalue weighted by Crippen LogP contribution is -2.47. The van der Waals surface area contributed by atoms with E-state index in [1.165, 1.54) is 18.4 Å². The molecular formula is C15H19Cl2NO. The van der Waals surface area contributed by atoms with Crippen molar-refractivity contribution < 1.29 is 5.11 Å². The lowest BCUT2D eigenvalue weighted by molar-refractivity contribution is 0.0592. The minimum atomic E-state index is 0.243. The highest BCUT2D eigenvalue weighted by Gasteiger charge is 2.45.